The van der Waals surface area contributed by atoms with Crippen molar-refractivity contribution in [1.82, 2.24) is 9.97 Å². The number of rotatable bonds is 7. The number of aryl methyl sites for hydroxylation is 2. The zero-order valence-electron chi connectivity index (χ0n) is 18.5. The van der Waals surface area contributed by atoms with E-state index in [0.717, 1.165) is 65.6 Å². The summed E-state index contributed by atoms with van der Waals surface area (Å²) >= 11 is 9.35. The minimum Gasteiger partial charge on any atom is -0.495 e. The van der Waals surface area contributed by atoms with Gasteiger partial charge < -0.3 is 15.4 Å². The van der Waals surface area contributed by atoms with E-state index in [2.05, 4.69) is 17.6 Å². The van der Waals surface area contributed by atoms with Crippen LogP contribution in [0.2, 0.25) is 5.02 Å². The quantitative estimate of drug-likeness (QED) is 0.375. The lowest BCUT2D eigenvalue weighted by molar-refractivity contribution is -0.119. The van der Waals surface area contributed by atoms with Crippen LogP contribution in [0.1, 0.15) is 50.1 Å². The van der Waals surface area contributed by atoms with Crippen LogP contribution in [0.25, 0.3) is 10.6 Å². The van der Waals surface area contributed by atoms with Gasteiger partial charge in [0.05, 0.1) is 29.1 Å². The first-order valence-electron chi connectivity index (χ1n) is 10.9. The monoisotopic (exact) mass is 490 g/mol. The van der Waals surface area contributed by atoms with Gasteiger partial charge in [-0.15, -0.1) is 11.3 Å². The number of halogens is 1. The Kier molecular flexibility index (Phi) is 7.33. The summed E-state index contributed by atoms with van der Waals surface area (Å²) in [4.78, 5) is 24.5. The Morgan fingerprint density at radius 1 is 1.22 bits per heavy atom. The second kappa shape index (κ2) is 10.2. The number of carbonyl (C=O) groups is 1. The van der Waals surface area contributed by atoms with Gasteiger partial charge in [0.25, 0.3) is 0 Å². The van der Waals surface area contributed by atoms with E-state index in [9.17, 15) is 4.79 Å². The number of nitrogens with zero attached hydrogens (tertiary/aromatic N) is 2. The van der Waals surface area contributed by atoms with Gasteiger partial charge in [-0.2, -0.15) is 0 Å². The predicted octanol–water partition coefficient (Wildman–Crippen LogP) is 6.93. The highest BCUT2D eigenvalue weighted by molar-refractivity contribution is 7.20. The molecule has 1 atom stereocenters. The van der Waals surface area contributed by atoms with E-state index in [-0.39, 0.29) is 11.8 Å². The van der Waals surface area contributed by atoms with E-state index < -0.39 is 0 Å². The molecule has 2 N–H and O–H groups in total. The van der Waals surface area contributed by atoms with Crippen molar-refractivity contribution in [2.45, 2.75) is 52.4 Å². The summed E-state index contributed by atoms with van der Waals surface area (Å²) in [6.45, 7) is 4.05. The average Bonchev–Trinajstić information content (AvgIpc) is 3.33. The molecule has 3 aromatic rings. The molecule has 0 saturated heterocycles. The summed E-state index contributed by atoms with van der Waals surface area (Å²) in [7, 11) is 1.64. The van der Waals surface area contributed by atoms with Crippen molar-refractivity contribution in [2.75, 3.05) is 17.7 Å². The van der Waals surface area contributed by atoms with E-state index >= 15 is 0 Å². The molecule has 2 heterocycles. The number of thiazole rings is 2. The minimum atomic E-state index is -0.0233. The molecule has 0 bridgehead atoms. The largest absolute Gasteiger partial charge is 0.495 e. The minimum absolute atomic E-state index is 0.0233. The molecular formula is C23H27ClN4O2S2. The van der Waals surface area contributed by atoms with Crippen LogP contribution >= 0.6 is 34.3 Å². The molecule has 0 radical (unpaired) electrons. The molecule has 2 aromatic heterocycles. The normalized spacial score (nSPS) is 14.0. The number of carbonyl (C=O) groups excluding carboxylic acids is 1. The summed E-state index contributed by atoms with van der Waals surface area (Å²) in [5.74, 6) is 0.717. The number of nitrogens with one attached hydrogen (secondary N) is 2. The summed E-state index contributed by atoms with van der Waals surface area (Å²) in [5, 5.41) is 8.48. The Bertz CT molecular complexity index is 1110. The van der Waals surface area contributed by atoms with E-state index in [0.29, 0.717) is 15.9 Å². The highest BCUT2D eigenvalue weighted by Gasteiger charge is 2.24. The molecule has 1 aliphatic rings. The smallest absolute Gasteiger partial charge is 0.228 e. The number of benzene rings is 1. The Morgan fingerprint density at radius 3 is 2.81 bits per heavy atom. The number of ether oxygens (including phenoxy) is 1. The second-order valence-electron chi connectivity index (χ2n) is 7.94. The van der Waals surface area contributed by atoms with Crippen LogP contribution in [0.15, 0.2) is 18.2 Å². The van der Waals surface area contributed by atoms with Crippen LogP contribution in [-0.4, -0.2) is 23.0 Å². The topological polar surface area (TPSA) is 76.1 Å². The second-order valence-corrected chi connectivity index (χ2v) is 10.5. The summed E-state index contributed by atoms with van der Waals surface area (Å²) in [6, 6.07) is 5.47. The maximum atomic E-state index is 12.5. The first-order chi connectivity index (χ1) is 15.5. The van der Waals surface area contributed by atoms with Gasteiger partial charge >= 0.3 is 0 Å². The third kappa shape index (κ3) is 5.08. The molecule has 0 aliphatic heterocycles. The van der Waals surface area contributed by atoms with E-state index in [1.807, 2.05) is 19.1 Å². The summed E-state index contributed by atoms with van der Waals surface area (Å²) in [6.07, 6.45) is 5.88. The van der Waals surface area contributed by atoms with Gasteiger partial charge in [0.2, 0.25) is 5.91 Å². The fraction of sp³-hybridized carbons (Fsp3) is 0.435. The number of methoxy groups -OCH3 is 1. The van der Waals surface area contributed by atoms with Gasteiger partial charge in [0.15, 0.2) is 10.3 Å². The molecule has 1 unspecified atom stereocenters. The molecular weight excluding hydrogens is 464 g/mol. The number of anilines is 3. The maximum Gasteiger partial charge on any atom is 0.228 e. The van der Waals surface area contributed by atoms with Crippen molar-refractivity contribution in [2.24, 2.45) is 5.92 Å². The molecule has 170 valence electrons. The molecule has 1 amide bonds. The van der Waals surface area contributed by atoms with Crippen LogP contribution in [0.3, 0.4) is 0 Å². The van der Waals surface area contributed by atoms with Crippen LogP contribution in [-0.2, 0) is 17.6 Å². The molecule has 6 nitrogen and oxygen atoms in total. The fourth-order valence-electron chi connectivity index (χ4n) is 3.78. The van der Waals surface area contributed by atoms with Crippen molar-refractivity contribution >= 4 is 56.1 Å². The third-order valence-electron chi connectivity index (χ3n) is 5.48. The first kappa shape index (κ1) is 23.0. The Hall–Kier alpha value is -2.16. The van der Waals surface area contributed by atoms with E-state index in [1.165, 1.54) is 16.2 Å². The van der Waals surface area contributed by atoms with E-state index in [1.54, 1.807) is 24.5 Å². The average molecular weight is 491 g/mol. The zero-order chi connectivity index (χ0) is 22.7. The van der Waals surface area contributed by atoms with Gasteiger partial charge in [-0.05, 0) is 50.3 Å². The standard InChI is InChI=1S/C23H27ClN4O2S2/c1-4-7-13(2)21(29)28-23-25-15-8-5-6-9-18-19(20(15)32-23)27-22(31-18)26-16-12-14(24)10-11-17(16)30-3/h10-13H,4-9H2,1-3H3,(H,26,27)(H,25,28,29). The molecule has 0 saturated carbocycles. The number of amides is 1. The van der Waals surface area contributed by atoms with Crippen LogP contribution in [0, 0.1) is 5.92 Å². The molecule has 1 aromatic carbocycles. The lowest BCUT2D eigenvalue weighted by Gasteiger charge is -2.09. The van der Waals surface area contributed by atoms with Gasteiger partial charge in [-0.1, -0.05) is 43.2 Å². The third-order valence-corrected chi connectivity index (χ3v) is 7.77. The summed E-state index contributed by atoms with van der Waals surface area (Å²) in [5.41, 5.74) is 2.77. The summed E-state index contributed by atoms with van der Waals surface area (Å²) < 4.78 is 5.46. The van der Waals surface area contributed by atoms with Crippen molar-refractivity contribution < 1.29 is 9.53 Å². The first-order valence-corrected chi connectivity index (χ1v) is 12.9. The predicted molar refractivity (Wildman–Crippen MR) is 134 cm³/mol. The SMILES string of the molecule is CCCC(C)C(=O)Nc1nc2c(s1)-c1nc(Nc3cc(Cl)ccc3OC)sc1CCCC2. The number of hydrogen-bond acceptors (Lipinski definition) is 7. The lowest BCUT2D eigenvalue weighted by atomic mass is 10.0. The fourth-order valence-corrected chi connectivity index (χ4v) is 6.07. The molecule has 9 heteroatoms. The molecule has 1 aliphatic carbocycles. The van der Waals surface area contributed by atoms with Gasteiger partial charge in [0.1, 0.15) is 5.75 Å². The Balaban J connectivity index is 1.63. The molecule has 0 fully saturated rings. The van der Waals surface area contributed by atoms with E-state index in [4.69, 9.17) is 26.3 Å². The molecule has 32 heavy (non-hydrogen) atoms. The highest BCUT2D eigenvalue weighted by atomic mass is 35.5. The Labute approximate surface area is 201 Å². The molecule has 0 spiro atoms. The lowest BCUT2D eigenvalue weighted by Crippen LogP contribution is -2.20. The van der Waals surface area contributed by atoms with Gasteiger partial charge in [-0.3, -0.25) is 4.79 Å². The highest BCUT2D eigenvalue weighted by Crippen LogP contribution is 2.42. The zero-order valence-corrected chi connectivity index (χ0v) is 20.8. The number of aromatic nitrogens is 2. The number of fused-ring (bicyclic) bond motifs is 3. The van der Waals surface area contributed by atoms with Crippen molar-refractivity contribution in [3.8, 4) is 16.3 Å². The van der Waals surface area contributed by atoms with Gasteiger partial charge in [0, 0.05) is 15.8 Å². The number of hydrogen-bond donors (Lipinski definition) is 2. The van der Waals surface area contributed by atoms with Crippen LogP contribution in [0.5, 0.6) is 5.75 Å². The van der Waals surface area contributed by atoms with Crippen LogP contribution in [0.4, 0.5) is 16.0 Å². The van der Waals surface area contributed by atoms with Crippen LogP contribution < -0.4 is 15.4 Å². The maximum absolute atomic E-state index is 12.5. The molecule has 4 rings (SSSR count). The van der Waals surface area contributed by atoms with Crippen molar-refractivity contribution in [3.63, 3.8) is 0 Å². The van der Waals surface area contributed by atoms with Crippen molar-refractivity contribution in [1.29, 1.82) is 0 Å². The van der Waals surface area contributed by atoms with Crippen molar-refractivity contribution in [3.05, 3.63) is 33.8 Å². The Morgan fingerprint density at radius 2 is 2.03 bits per heavy atom. The van der Waals surface area contributed by atoms with Gasteiger partial charge in [-0.25, -0.2) is 9.97 Å².